The Labute approximate surface area is 104 Å². The van der Waals surface area contributed by atoms with Crippen LogP contribution in [0.15, 0.2) is 0 Å². The van der Waals surface area contributed by atoms with E-state index in [0.717, 1.165) is 31.8 Å². The molecule has 1 aliphatic heterocycles. The summed E-state index contributed by atoms with van der Waals surface area (Å²) in [6.45, 7) is 3.25. The van der Waals surface area contributed by atoms with Gasteiger partial charge in [-0.05, 0) is 38.1 Å². The van der Waals surface area contributed by atoms with Crippen molar-refractivity contribution in [3.63, 3.8) is 0 Å². The van der Waals surface area contributed by atoms with Crippen molar-refractivity contribution in [3.8, 4) is 0 Å². The molecule has 2 aliphatic rings. The number of hydrazine groups is 1. The first-order valence-electron chi connectivity index (χ1n) is 7.02. The van der Waals surface area contributed by atoms with Crippen LogP contribution in [0.25, 0.3) is 0 Å². The average Bonchev–Trinajstić information content (AvgIpc) is 2.39. The third-order valence-electron chi connectivity index (χ3n) is 4.26. The molecule has 0 bridgehead atoms. The molecule has 98 valence electrons. The molecule has 1 saturated heterocycles. The summed E-state index contributed by atoms with van der Waals surface area (Å²) >= 11 is 0. The van der Waals surface area contributed by atoms with Crippen LogP contribution in [0.5, 0.6) is 0 Å². The summed E-state index contributed by atoms with van der Waals surface area (Å²) in [5.41, 5.74) is 2.29. The molecule has 2 fully saturated rings. The van der Waals surface area contributed by atoms with Crippen LogP contribution in [0.2, 0.25) is 0 Å². The maximum atomic E-state index is 11.5. The van der Waals surface area contributed by atoms with E-state index >= 15 is 0 Å². The molecule has 4 nitrogen and oxygen atoms in total. The van der Waals surface area contributed by atoms with Gasteiger partial charge < -0.3 is 4.90 Å². The molecule has 1 amide bonds. The first kappa shape index (κ1) is 12.8. The molecule has 1 saturated carbocycles. The van der Waals surface area contributed by atoms with E-state index in [1.807, 2.05) is 0 Å². The van der Waals surface area contributed by atoms with Gasteiger partial charge in [0.1, 0.15) is 0 Å². The van der Waals surface area contributed by atoms with Crippen molar-refractivity contribution in [2.75, 3.05) is 19.6 Å². The number of nitrogens with zero attached hydrogens (tertiary/aromatic N) is 1. The Morgan fingerprint density at radius 3 is 2.65 bits per heavy atom. The minimum Gasteiger partial charge on any atom is -0.302 e. The number of hydrogen-bond acceptors (Lipinski definition) is 3. The predicted octanol–water partition coefficient (Wildman–Crippen LogP) is 1.27. The van der Waals surface area contributed by atoms with Crippen molar-refractivity contribution < 1.29 is 4.79 Å². The Morgan fingerprint density at radius 2 is 1.94 bits per heavy atom. The molecule has 2 rings (SSSR count). The van der Waals surface area contributed by atoms with Crippen LogP contribution in [0.3, 0.4) is 0 Å². The number of hydrogen-bond donors (Lipinski definition) is 2. The monoisotopic (exact) mass is 239 g/mol. The lowest BCUT2D eigenvalue weighted by atomic mass is 9.88. The first-order chi connectivity index (χ1) is 8.29. The zero-order valence-corrected chi connectivity index (χ0v) is 10.7. The molecule has 0 unspecified atom stereocenters. The summed E-state index contributed by atoms with van der Waals surface area (Å²) in [6.07, 6.45) is 9.08. The second kappa shape index (κ2) is 6.36. The summed E-state index contributed by atoms with van der Waals surface area (Å²) in [4.78, 5) is 14.0. The highest BCUT2D eigenvalue weighted by Gasteiger charge is 2.27. The van der Waals surface area contributed by atoms with Gasteiger partial charge in [-0.25, -0.2) is 5.84 Å². The van der Waals surface area contributed by atoms with E-state index < -0.39 is 0 Å². The average molecular weight is 239 g/mol. The fourth-order valence-electron chi connectivity index (χ4n) is 3.29. The van der Waals surface area contributed by atoms with Crippen molar-refractivity contribution >= 4 is 5.91 Å². The van der Waals surface area contributed by atoms with Gasteiger partial charge in [-0.1, -0.05) is 19.3 Å². The van der Waals surface area contributed by atoms with Gasteiger partial charge in [-0.15, -0.1) is 0 Å². The second-order valence-corrected chi connectivity index (χ2v) is 5.61. The predicted molar refractivity (Wildman–Crippen MR) is 68.1 cm³/mol. The van der Waals surface area contributed by atoms with E-state index in [-0.39, 0.29) is 11.8 Å². The number of likely N-dealkylation sites (tertiary alicyclic amines) is 1. The van der Waals surface area contributed by atoms with E-state index in [1.165, 1.54) is 38.6 Å². The lowest BCUT2D eigenvalue weighted by Gasteiger charge is -2.35. The van der Waals surface area contributed by atoms with Gasteiger partial charge in [0.25, 0.3) is 0 Å². The van der Waals surface area contributed by atoms with Crippen molar-refractivity contribution in [1.29, 1.82) is 0 Å². The van der Waals surface area contributed by atoms with E-state index in [0.29, 0.717) is 0 Å². The molecule has 0 aromatic heterocycles. The van der Waals surface area contributed by atoms with E-state index in [1.54, 1.807) is 0 Å². The van der Waals surface area contributed by atoms with Gasteiger partial charge in [0, 0.05) is 13.1 Å². The van der Waals surface area contributed by atoms with Crippen LogP contribution in [0, 0.1) is 11.8 Å². The standard InChI is InChI=1S/C13H25N3O/c14-15-13(17)12-7-4-8-16(10-12)9-11-5-2-1-3-6-11/h11-12H,1-10,14H2,(H,15,17)/t12-/m0/s1. The molecule has 0 spiro atoms. The van der Waals surface area contributed by atoms with Crippen molar-refractivity contribution in [2.24, 2.45) is 17.7 Å². The lowest BCUT2D eigenvalue weighted by molar-refractivity contribution is -0.126. The maximum Gasteiger partial charge on any atom is 0.238 e. The number of nitrogens with two attached hydrogens (primary N) is 1. The van der Waals surface area contributed by atoms with E-state index in [2.05, 4.69) is 10.3 Å². The van der Waals surface area contributed by atoms with Crippen LogP contribution in [-0.2, 0) is 4.79 Å². The molecule has 3 N–H and O–H groups in total. The minimum atomic E-state index is 0.0124. The van der Waals surface area contributed by atoms with Crippen molar-refractivity contribution in [2.45, 2.75) is 44.9 Å². The third kappa shape index (κ3) is 3.68. The minimum absolute atomic E-state index is 0.0124. The highest BCUT2D eigenvalue weighted by Crippen LogP contribution is 2.26. The topological polar surface area (TPSA) is 58.4 Å². The van der Waals surface area contributed by atoms with Gasteiger partial charge in [0.2, 0.25) is 5.91 Å². The molecule has 0 aromatic rings. The number of carbonyl (C=O) groups excluding carboxylic acids is 1. The Kier molecular flexibility index (Phi) is 4.80. The summed E-state index contributed by atoms with van der Waals surface area (Å²) in [5.74, 6) is 6.20. The summed E-state index contributed by atoms with van der Waals surface area (Å²) in [5, 5.41) is 0. The van der Waals surface area contributed by atoms with Crippen molar-refractivity contribution in [1.82, 2.24) is 10.3 Å². The molecule has 1 heterocycles. The molecular formula is C13H25N3O. The Bertz CT molecular complexity index is 251. The first-order valence-corrected chi connectivity index (χ1v) is 7.02. The number of carbonyl (C=O) groups is 1. The second-order valence-electron chi connectivity index (χ2n) is 5.61. The number of rotatable bonds is 3. The quantitative estimate of drug-likeness (QED) is 0.443. The maximum absolute atomic E-state index is 11.5. The summed E-state index contributed by atoms with van der Waals surface area (Å²) < 4.78 is 0. The van der Waals surface area contributed by atoms with E-state index in [9.17, 15) is 4.79 Å². The van der Waals surface area contributed by atoms with Gasteiger partial charge in [-0.3, -0.25) is 10.2 Å². The highest BCUT2D eigenvalue weighted by molar-refractivity contribution is 5.78. The van der Waals surface area contributed by atoms with Crippen molar-refractivity contribution in [3.05, 3.63) is 0 Å². The number of nitrogens with one attached hydrogen (secondary N) is 1. The number of piperidine rings is 1. The van der Waals surface area contributed by atoms with Crippen LogP contribution >= 0.6 is 0 Å². The van der Waals surface area contributed by atoms with Crippen LogP contribution in [0.1, 0.15) is 44.9 Å². The van der Waals surface area contributed by atoms with Gasteiger partial charge in [0.05, 0.1) is 5.92 Å². The third-order valence-corrected chi connectivity index (χ3v) is 4.26. The molecular weight excluding hydrogens is 214 g/mol. The fraction of sp³-hybridized carbons (Fsp3) is 0.923. The molecule has 17 heavy (non-hydrogen) atoms. The Balaban J connectivity index is 1.78. The fourth-order valence-corrected chi connectivity index (χ4v) is 3.29. The van der Waals surface area contributed by atoms with Gasteiger partial charge in [0.15, 0.2) is 0 Å². The SMILES string of the molecule is NNC(=O)[C@H]1CCCN(CC2CCCCC2)C1. The van der Waals surface area contributed by atoms with Crippen LogP contribution in [-0.4, -0.2) is 30.4 Å². The Morgan fingerprint density at radius 1 is 1.18 bits per heavy atom. The Hall–Kier alpha value is -0.610. The van der Waals surface area contributed by atoms with Gasteiger partial charge >= 0.3 is 0 Å². The molecule has 0 radical (unpaired) electrons. The van der Waals surface area contributed by atoms with Crippen LogP contribution < -0.4 is 11.3 Å². The largest absolute Gasteiger partial charge is 0.302 e. The zero-order valence-electron chi connectivity index (χ0n) is 10.7. The van der Waals surface area contributed by atoms with Gasteiger partial charge in [-0.2, -0.15) is 0 Å². The summed E-state index contributed by atoms with van der Waals surface area (Å²) in [7, 11) is 0. The lowest BCUT2D eigenvalue weighted by Crippen LogP contribution is -2.46. The molecule has 0 aromatic carbocycles. The summed E-state index contributed by atoms with van der Waals surface area (Å²) in [6, 6.07) is 0. The number of amides is 1. The molecule has 1 aliphatic carbocycles. The highest BCUT2D eigenvalue weighted by atomic mass is 16.2. The van der Waals surface area contributed by atoms with Crippen LogP contribution in [0.4, 0.5) is 0 Å². The molecule has 1 atom stereocenters. The molecule has 4 heteroatoms. The normalized spacial score (nSPS) is 27.9. The van der Waals surface area contributed by atoms with E-state index in [4.69, 9.17) is 5.84 Å². The zero-order chi connectivity index (χ0) is 12.1. The smallest absolute Gasteiger partial charge is 0.238 e.